The molecule has 145 valence electrons. The van der Waals surface area contributed by atoms with Crippen molar-refractivity contribution in [2.75, 3.05) is 0 Å². The molecule has 0 aromatic heterocycles. The summed E-state index contributed by atoms with van der Waals surface area (Å²) in [4.78, 5) is 0. The van der Waals surface area contributed by atoms with E-state index in [1.54, 1.807) is 25.7 Å². The molecule has 1 radical (unpaired) electrons. The number of hydrogen-bond acceptors (Lipinski definition) is 0. The van der Waals surface area contributed by atoms with Crippen LogP contribution in [0.1, 0.15) is 57.8 Å². The second-order valence-electron chi connectivity index (χ2n) is 4.44. The molecule has 0 spiro atoms. The maximum absolute atomic E-state index is 7.50. The van der Waals surface area contributed by atoms with Crippen LogP contribution < -0.4 is 0 Å². The van der Waals surface area contributed by atoms with Crippen molar-refractivity contribution in [1.29, 1.82) is 0 Å². The molecule has 0 aromatic carbocycles. The standard InChI is InChI=1S/C11H20.6CO.CH3.Mn.W/c1-2-6-10(7-3-1)11-8-4-5-9-11;6*1-2;;;/h10-11H,1-9H2;;;;;;;1H3;;/q;;;;;;;-1;;. The van der Waals surface area contributed by atoms with Gasteiger partial charge < -0.3 is 7.43 Å². The maximum atomic E-state index is 7.50. The average molecular weight is 574 g/mol. The molecule has 0 saturated heterocycles. The SMILES string of the molecule is C1CCC(C2CCCC2)CC1.[C-]#[O+].[C-]#[O+].[C-]#[O+].[C-]#[O+].[C-]#[O+].[C-]#[O+].[CH3-].[Mn].[W]. The molecule has 2 aliphatic carbocycles. The van der Waals surface area contributed by atoms with Crippen LogP contribution in [0.25, 0.3) is 0 Å². The molecule has 0 aromatic rings. The summed E-state index contributed by atoms with van der Waals surface area (Å²) in [6, 6.07) is 0. The normalized spacial score (nSPS) is 12.9. The molecular weight excluding hydrogens is 551 g/mol. The van der Waals surface area contributed by atoms with E-state index in [1.165, 1.54) is 32.1 Å². The van der Waals surface area contributed by atoms with Crippen LogP contribution in [0.5, 0.6) is 0 Å². The molecule has 0 atom stereocenters. The first-order valence-corrected chi connectivity index (χ1v) is 6.69. The van der Waals surface area contributed by atoms with Crippen molar-refractivity contribution < 1.29 is 66.0 Å². The van der Waals surface area contributed by atoms with Crippen LogP contribution in [0.2, 0.25) is 0 Å². The van der Waals surface area contributed by atoms with E-state index in [1.807, 2.05) is 0 Å². The molecule has 2 rings (SSSR count). The van der Waals surface area contributed by atoms with Gasteiger partial charge in [-0.3, -0.25) is 0 Å². The fourth-order valence-corrected chi connectivity index (χ4v) is 3.03. The molecule has 2 fully saturated rings. The first kappa shape index (κ1) is 50.0. The van der Waals surface area contributed by atoms with Gasteiger partial charge in [-0.15, -0.1) is 0 Å². The van der Waals surface area contributed by atoms with E-state index in [0.29, 0.717) is 0 Å². The van der Waals surface area contributed by atoms with Gasteiger partial charge in [-0.05, 0) is 11.8 Å². The third-order valence-electron chi connectivity index (χ3n) is 3.72. The van der Waals surface area contributed by atoms with Gasteiger partial charge in [-0.25, -0.2) is 0 Å². The predicted molar refractivity (Wildman–Crippen MR) is 78.5 cm³/mol. The van der Waals surface area contributed by atoms with Gasteiger partial charge in [0.15, 0.2) is 0 Å². The summed E-state index contributed by atoms with van der Waals surface area (Å²) >= 11 is 0. The van der Waals surface area contributed by atoms with Gasteiger partial charge >= 0.3 is 67.8 Å². The molecule has 8 heteroatoms. The quantitative estimate of drug-likeness (QED) is 0.256. The minimum Gasteiger partial charge on any atom is -0.358 e. The van der Waals surface area contributed by atoms with E-state index in [4.69, 9.17) is 27.9 Å². The Morgan fingerprint density at radius 1 is 0.423 bits per heavy atom. The van der Waals surface area contributed by atoms with Crippen molar-refractivity contribution in [1.82, 2.24) is 0 Å². The van der Waals surface area contributed by atoms with Crippen LogP contribution in [0.15, 0.2) is 0 Å². The number of rotatable bonds is 1. The van der Waals surface area contributed by atoms with Gasteiger partial charge in [0, 0.05) is 38.1 Å². The van der Waals surface area contributed by atoms with Crippen molar-refractivity contribution in [3.8, 4) is 0 Å². The Labute approximate surface area is 182 Å². The Hall–Kier alpha value is -0.352. The van der Waals surface area contributed by atoms with Crippen molar-refractivity contribution in [2.45, 2.75) is 57.8 Å². The topological polar surface area (TPSA) is 119 Å². The smallest absolute Gasteiger partial charge is 0 e. The van der Waals surface area contributed by atoms with Gasteiger partial charge in [0.1, 0.15) is 0 Å². The average Bonchev–Trinajstić information content (AvgIpc) is 3.27. The fourth-order valence-electron chi connectivity index (χ4n) is 3.03. The van der Waals surface area contributed by atoms with E-state index in [-0.39, 0.29) is 45.6 Å². The largest absolute Gasteiger partial charge is 0.358 e. The van der Waals surface area contributed by atoms with E-state index in [9.17, 15) is 0 Å². The summed E-state index contributed by atoms with van der Waals surface area (Å²) in [6.07, 6.45) is 13.9. The fraction of sp³-hybridized carbons (Fsp3) is 0.611. The van der Waals surface area contributed by atoms with E-state index >= 15 is 0 Å². The second-order valence-corrected chi connectivity index (χ2v) is 4.44. The van der Waals surface area contributed by atoms with Gasteiger partial charge in [0.25, 0.3) is 0 Å². The summed E-state index contributed by atoms with van der Waals surface area (Å²) in [5, 5.41) is 0. The predicted octanol–water partition coefficient (Wildman–Crippen LogP) is 3.98. The Morgan fingerprint density at radius 3 is 0.769 bits per heavy atom. The van der Waals surface area contributed by atoms with Crippen LogP contribution in [-0.4, -0.2) is 0 Å². The van der Waals surface area contributed by atoms with Gasteiger partial charge in [-0.1, -0.05) is 57.8 Å². The Balaban J connectivity index is -0.0000000315. The second kappa shape index (κ2) is 64.2. The maximum Gasteiger partial charge on any atom is 0 e. The van der Waals surface area contributed by atoms with Crippen LogP contribution >= 0.6 is 0 Å². The third kappa shape index (κ3) is 34.9. The molecule has 0 aliphatic heterocycles. The Morgan fingerprint density at radius 2 is 0.577 bits per heavy atom. The van der Waals surface area contributed by atoms with Crippen molar-refractivity contribution in [2.24, 2.45) is 11.8 Å². The molecular formula is C18H23MnO6W-. The van der Waals surface area contributed by atoms with E-state index in [0.717, 1.165) is 11.8 Å². The molecule has 0 N–H and O–H groups in total. The van der Waals surface area contributed by atoms with Gasteiger partial charge in [0.2, 0.25) is 0 Å². The zero-order valence-electron chi connectivity index (χ0n) is 14.8. The molecule has 26 heavy (non-hydrogen) atoms. The molecule has 0 heterocycles. The van der Waals surface area contributed by atoms with Crippen molar-refractivity contribution >= 4 is 0 Å². The van der Waals surface area contributed by atoms with E-state index < -0.39 is 0 Å². The zero-order valence-corrected chi connectivity index (χ0v) is 18.9. The summed E-state index contributed by atoms with van der Waals surface area (Å²) in [5.74, 6) is 2.29. The van der Waals surface area contributed by atoms with Crippen LogP contribution in [0.4, 0.5) is 0 Å². The summed E-state index contributed by atoms with van der Waals surface area (Å²) in [7, 11) is 0. The molecule has 6 nitrogen and oxygen atoms in total. The third-order valence-corrected chi connectivity index (χ3v) is 3.72. The molecule has 2 aliphatic rings. The van der Waals surface area contributed by atoms with Crippen molar-refractivity contribution in [3.63, 3.8) is 0 Å². The molecule has 0 bridgehead atoms. The Bertz CT molecular complexity index is 278. The summed E-state index contributed by atoms with van der Waals surface area (Å²) in [6.45, 7) is 27.0. The van der Waals surface area contributed by atoms with Crippen LogP contribution in [0.3, 0.4) is 0 Å². The summed E-state index contributed by atoms with van der Waals surface area (Å²) < 4.78 is 45.0. The molecule has 2 saturated carbocycles. The van der Waals surface area contributed by atoms with Crippen LogP contribution in [-0.2, 0) is 66.0 Å². The van der Waals surface area contributed by atoms with Gasteiger partial charge in [-0.2, -0.15) is 0 Å². The zero-order chi connectivity index (χ0) is 19.5. The molecule has 0 unspecified atom stereocenters. The first-order valence-electron chi connectivity index (χ1n) is 6.69. The minimum atomic E-state index is 0. The van der Waals surface area contributed by atoms with Crippen LogP contribution in [0, 0.1) is 59.2 Å². The van der Waals surface area contributed by atoms with Gasteiger partial charge in [0.05, 0.1) is 0 Å². The monoisotopic (exact) mass is 574 g/mol. The number of hydrogen-bond donors (Lipinski definition) is 0. The minimum absolute atomic E-state index is 0. The van der Waals surface area contributed by atoms with E-state index in [2.05, 4.69) is 39.9 Å². The Kier molecular flexibility index (Phi) is 124. The molecule has 0 amide bonds. The van der Waals surface area contributed by atoms with Crippen molar-refractivity contribution in [3.05, 3.63) is 47.3 Å². The first-order chi connectivity index (χ1) is 11.5. The summed E-state index contributed by atoms with van der Waals surface area (Å²) in [5.41, 5.74) is 0.